The molecule has 0 radical (unpaired) electrons. The van der Waals surface area contributed by atoms with Gasteiger partial charge in [-0.25, -0.2) is 0 Å². The summed E-state index contributed by atoms with van der Waals surface area (Å²) in [6.45, 7) is 13.7. The lowest BCUT2D eigenvalue weighted by molar-refractivity contribution is -0.143. The monoisotopic (exact) mass is 400 g/mol. The first kappa shape index (κ1) is 21.8. The van der Waals surface area contributed by atoms with Crippen molar-refractivity contribution in [2.45, 2.75) is 52.7 Å². The van der Waals surface area contributed by atoms with E-state index in [4.69, 9.17) is 0 Å². The van der Waals surface area contributed by atoms with Crippen molar-refractivity contribution < 1.29 is 9.59 Å². The largest absolute Gasteiger partial charge is 0.338 e. The Morgan fingerprint density at radius 3 is 2.41 bits per heavy atom. The zero-order valence-corrected chi connectivity index (χ0v) is 18.4. The molecule has 6 nitrogen and oxygen atoms in total. The first-order chi connectivity index (χ1) is 13.8. The zero-order chi connectivity index (χ0) is 21.0. The summed E-state index contributed by atoms with van der Waals surface area (Å²) in [5.41, 5.74) is 2.54. The van der Waals surface area contributed by atoms with Crippen molar-refractivity contribution in [2.24, 2.45) is 5.92 Å². The highest BCUT2D eigenvalue weighted by atomic mass is 16.2. The quantitative estimate of drug-likeness (QED) is 0.792. The number of hydrogen-bond acceptors (Lipinski definition) is 4. The Balaban J connectivity index is 1.75. The van der Waals surface area contributed by atoms with Crippen molar-refractivity contribution in [3.63, 3.8) is 0 Å². The lowest BCUT2D eigenvalue weighted by Gasteiger charge is -2.32. The van der Waals surface area contributed by atoms with Crippen LogP contribution in [0.3, 0.4) is 0 Å². The molecular weight excluding hydrogens is 364 g/mol. The molecule has 6 heteroatoms. The Morgan fingerprint density at radius 2 is 1.83 bits per heavy atom. The highest BCUT2D eigenvalue weighted by Crippen LogP contribution is 2.26. The summed E-state index contributed by atoms with van der Waals surface area (Å²) in [6.07, 6.45) is 0.723. The van der Waals surface area contributed by atoms with E-state index in [-0.39, 0.29) is 23.9 Å². The standard InChI is InChI=1S/C23H36N4O2/c1-17(2)14-26(15-20-7-5-18(3)6-8-20)21-13-22(27(16-21)19(4)28)23(29)25-11-9-24-10-12-25/h5-8,17,21-22,24H,9-16H2,1-4H3. The maximum atomic E-state index is 13.2. The molecule has 0 spiro atoms. The smallest absolute Gasteiger partial charge is 0.245 e. The van der Waals surface area contributed by atoms with Crippen LogP contribution in [0.25, 0.3) is 0 Å². The number of carbonyl (C=O) groups excluding carboxylic acids is 2. The van der Waals surface area contributed by atoms with E-state index >= 15 is 0 Å². The molecule has 29 heavy (non-hydrogen) atoms. The first-order valence-corrected chi connectivity index (χ1v) is 10.9. The molecule has 2 unspecified atom stereocenters. The molecule has 2 heterocycles. The molecule has 1 aromatic carbocycles. The van der Waals surface area contributed by atoms with Crippen LogP contribution in [-0.2, 0) is 16.1 Å². The highest BCUT2D eigenvalue weighted by molar-refractivity contribution is 5.87. The molecule has 0 aliphatic carbocycles. The highest BCUT2D eigenvalue weighted by Gasteiger charge is 2.42. The zero-order valence-electron chi connectivity index (χ0n) is 18.4. The molecule has 2 fully saturated rings. The lowest BCUT2D eigenvalue weighted by Crippen LogP contribution is -2.53. The van der Waals surface area contributed by atoms with Gasteiger partial charge in [0.15, 0.2) is 0 Å². The third-order valence-electron chi connectivity index (χ3n) is 6.02. The maximum absolute atomic E-state index is 13.2. The predicted octanol–water partition coefficient (Wildman–Crippen LogP) is 1.87. The molecule has 2 aliphatic rings. The van der Waals surface area contributed by atoms with Crippen molar-refractivity contribution in [1.82, 2.24) is 20.0 Å². The summed E-state index contributed by atoms with van der Waals surface area (Å²) >= 11 is 0. The number of carbonyl (C=O) groups is 2. The van der Waals surface area contributed by atoms with Crippen molar-refractivity contribution in [1.29, 1.82) is 0 Å². The van der Waals surface area contributed by atoms with Gasteiger partial charge in [0.2, 0.25) is 11.8 Å². The van der Waals surface area contributed by atoms with Gasteiger partial charge in [-0.05, 0) is 24.8 Å². The van der Waals surface area contributed by atoms with E-state index in [2.05, 4.69) is 55.3 Å². The third kappa shape index (κ3) is 5.58. The van der Waals surface area contributed by atoms with Gasteiger partial charge in [0, 0.05) is 58.8 Å². The molecule has 2 aliphatic heterocycles. The van der Waals surface area contributed by atoms with Crippen molar-refractivity contribution >= 4 is 11.8 Å². The average molecular weight is 401 g/mol. The molecule has 2 amide bonds. The van der Waals surface area contributed by atoms with Gasteiger partial charge in [0.1, 0.15) is 6.04 Å². The van der Waals surface area contributed by atoms with Gasteiger partial charge in [0.05, 0.1) is 0 Å². The lowest BCUT2D eigenvalue weighted by atomic mass is 10.1. The van der Waals surface area contributed by atoms with E-state index in [0.717, 1.165) is 45.7 Å². The van der Waals surface area contributed by atoms with Crippen LogP contribution in [0.15, 0.2) is 24.3 Å². The number of likely N-dealkylation sites (tertiary alicyclic amines) is 1. The minimum Gasteiger partial charge on any atom is -0.338 e. The molecule has 0 saturated carbocycles. The SMILES string of the molecule is CC(=O)N1CC(N(Cc2ccc(C)cc2)CC(C)C)CC1C(=O)N1CCNCC1. The molecule has 2 saturated heterocycles. The van der Waals surface area contributed by atoms with Gasteiger partial charge in [-0.15, -0.1) is 0 Å². The molecule has 3 rings (SSSR count). The number of aryl methyl sites for hydroxylation is 1. The van der Waals surface area contributed by atoms with E-state index in [1.807, 2.05) is 4.90 Å². The molecule has 1 aromatic rings. The number of nitrogens with zero attached hydrogens (tertiary/aromatic N) is 3. The first-order valence-electron chi connectivity index (χ1n) is 10.9. The maximum Gasteiger partial charge on any atom is 0.245 e. The second-order valence-electron chi connectivity index (χ2n) is 8.96. The van der Waals surface area contributed by atoms with Crippen LogP contribution in [0.5, 0.6) is 0 Å². The molecule has 1 N–H and O–H groups in total. The minimum absolute atomic E-state index is 0.000757. The van der Waals surface area contributed by atoms with Gasteiger partial charge in [-0.1, -0.05) is 43.7 Å². The number of benzene rings is 1. The van der Waals surface area contributed by atoms with Crippen LogP contribution in [0.1, 0.15) is 38.3 Å². The Bertz CT molecular complexity index is 697. The topological polar surface area (TPSA) is 55.9 Å². The van der Waals surface area contributed by atoms with Gasteiger partial charge in [0.25, 0.3) is 0 Å². The van der Waals surface area contributed by atoms with Crippen molar-refractivity contribution in [2.75, 3.05) is 39.3 Å². The van der Waals surface area contributed by atoms with E-state index in [9.17, 15) is 9.59 Å². The van der Waals surface area contributed by atoms with Crippen LogP contribution in [-0.4, -0.2) is 77.9 Å². The summed E-state index contributed by atoms with van der Waals surface area (Å²) in [4.78, 5) is 31.7. The molecular formula is C23H36N4O2. The predicted molar refractivity (Wildman–Crippen MR) is 115 cm³/mol. The molecule has 160 valence electrons. The van der Waals surface area contributed by atoms with Gasteiger partial charge in [-0.3, -0.25) is 14.5 Å². The van der Waals surface area contributed by atoms with E-state index in [1.54, 1.807) is 11.8 Å². The Labute approximate surface area is 175 Å². The average Bonchev–Trinajstić information content (AvgIpc) is 3.15. The summed E-state index contributed by atoms with van der Waals surface area (Å²) in [7, 11) is 0. The van der Waals surface area contributed by atoms with Crippen LogP contribution < -0.4 is 5.32 Å². The fourth-order valence-corrected chi connectivity index (χ4v) is 4.50. The summed E-state index contributed by atoms with van der Waals surface area (Å²) < 4.78 is 0. The fourth-order valence-electron chi connectivity index (χ4n) is 4.50. The number of amides is 2. The van der Waals surface area contributed by atoms with Gasteiger partial charge >= 0.3 is 0 Å². The normalized spacial score (nSPS) is 22.6. The Hall–Kier alpha value is -1.92. The number of piperazine rings is 1. The van der Waals surface area contributed by atoms with Crippen LogP contribution >= 0.6 is 0 Å². The minimum atomic E-state index is -0.330. The second-order valence-corrected chi connectivity index (χ2v) is 8.96. The van der Waals surface area contributed by atoms with E-state index < -0.39 is 0 Å². The number of rotatable bonds is 6. The third-order valence-corrected chi connectivity index (χ3v) is 6.02. The molecule has 0 bridgehead atoms. The summed E-state index contributed by atoms with van der Waals surface area (Å²) in [5, 5.41) is 3.29. The second kappa shape index (κ2) is 9.72. The van der Waals surface area contributed by atoms with Gasteiger partial charge in [-0.2, -0.15) is 0 Å². The van der Waals surface area contributed by atoms with Crippen LogP contribution in [0.2, 0.25) is 0 Å². The number of nitrogens with one attached hydrogen (secondary N) is 1. The summed E-state index contributed by atoms with van der Waals surface area (Å²) in [6, 6.07) is 8.54. The Kier molecular flexibility index (Phi) is 7.30. The molecule has 2 atom stereocenters. The Morgan fingerprint density at radius 1 is 1.17 bits per heavy atom. The fraction of sp³-hybridized carbons (Fsp3) is 0.652. The van der Waals surface area contributed by atoms with Crippen LogP contribution in [0, 0.1) is 12.8 Å². The van der Waals surface area contributed by atoms with Crippen molar-refractivity contribution in [3.8, 4) is 0 Å². The molecule has 0 aromatic heterocycles. The number of hydrogen-bond donors (Lipinski definition) is 1. The van der Waals surface area contributed by atoms with Gasteiger partial charge < -0.3 is 15.1 Å². The van der Waals surface area contributed by atoms with Crippen LogP contribution in [0.4, 0.5) is 0 Å². The van der Waals surface area contributed by atoms with E-state index in [0.29, 0.717) is 12.5 Å². The van der Waals surface area contributed by atoms with E-state index in [1.165, 1.54) is 11.1 Å². The summed E-state index contributed by atoms with van der Waals surface area (Å²) in [5.74, 6) is 0.638. The van der Waals surface area contributed by atoms with Crippen molar-refractivity contribution in [3.05, 3.63) is 35.4 Å².